The molecule has 7 nitrogen and oxygen atoms in total. The molecule has 0 atom stereocenters. The van der Waals surface area contributed by atoms with Crippen molar-refractivity contribution in [3.05, 3.63) is 59.5 Å². The molecule has 1 amide bonds. The number of anilines is 1. The largest absolute Gasteiger partial charge is 0.497 e. The number of ether oxygens (including phenoxy) is 3. The molecule has 0 fully saturated rings. The molecule has 1 heterocycles. The van der Waals surface area contributed by atoms with E-state index in [0.29, 0.717) is 10.9 Å². The van der Waals surface area contributed by atoms with E-state index in [0.717, 1.165) is 17.0 Å². The molecule has 0 spiro atoms. The second-order valence-electron chi connectivity index (χ2n) is 5.59. The van der Waals surface area contributed by atoms with E-state index in [1.54, 1.807) is 31.4 Å². The summed E-state index contributed by atoms with van der Waals surface area (Å²) >= 11 is 1.28. The average molecular weight is 398 g/mol. The van der Waals surface area contributed by atoms with Crippen molar-refractivity contribution in [1.29, 1.82) is 0 Å². The summed E-state index contributed by atoms with van der Waals surface area (Å²) in [5.74, 6) is 0.0332. The van der Waals surface area contributed by atoms with Crippen LogP contribution in [-0.2, 0) is 9.53 Å². The van der Waals surface area contributed by atoms with Crippen LogP contribution in [0.2, 0.25) is 0 Å². The minimum Gasteiger partial charge on any atom is -0.497 e. The van der Waals surface area contributed by atoms with Crippen molar-refractivity contribution in [1.82, 2.24) is 4.98 Å². The Bertz CT molecular complexity index is 969. The first kappa shape index (κ1) is 19.4. The van der Waals surface area contributed by atoms with Gasteiger partial charge in [0.05, 0.1) is 19.9 Å². The lowest BCUT2D eigenvalue weighted by molar-refractivity contribution is -0.119. The van der Waals surface area contributed by atoms with E-state index in [4.69, 9.17) is 14.2 Å². The predicted molar refractivity (Wildman–Crippen MR) is 106 cm³/mol. The number of aromatic nitrogens is 1. The van der Waals surface area contributed by atoms with Crippen LogP contribution in [0, 0.1) is 0 Å². The van der Waals surface area contributed by atoms with Gasteiger partial charge in [-0.1, -0.05) is 12.1 Å². The third-order valence-electron chi connectivity index (χ3n) is 3.80. The van der Waals surface area contributed by atoms with Gasteiger partial charge < -0.3 is 14.2 Å². The maximum atomic E-state index is 12.1. The van der Waals surface area contributed by atoms with Crippen molar-refractivity contribution < 1.29 is 23.8 Å². The Morgan fingerprint density at radius 3 is 2.50 bits per heavy atom. The molecule has 0 aliphatic carbocycles. The number of nitrogens with zero attached hydrogens (tertiary/aromatic N) is 1. The summed E-state index contributed by atoms with van der Waals surface area (Å²) in [5.41, 5.74) is 1.89. The minimum atomic E-state index is -0.634. The number of para-hydroxylation sites is 1. The molecule has 0 unspecified atom stereocenters. The standard InChI is InChI=1S/C20H18N2O5S/c1-25-14-9-7-13(8-10-14)16-12-28-20(21-16)22-18(23)11-27-19(24)15-5-3-4-6-17(15)26-2/h3-10,12H,11H2,1-2H3,(H,21,22,23). The fourth-order valence-electron chi connectivity index (χ4n) is 2.40. The molecule has 1 aromatic heterocycles. The maximum Gasteiger partial charge on any atom is 0.342 e. The summed E-state index contributed by atoms with van der Waals surface area (Å²) in [5, 5.41) is 4.88. The van der Waals surface area contributed by atoms with Crippen LogP contribution in [0.5, 0.6) is 11.5 Å². The molecule has 144 valence electrons. The van der Waals surface area contributed by atoms with Gasteiger partial charge in [0.1, 0.15) is 17.1 Å². The number of hydrogen-bond acceptors (Lipinski definition) is 7. The summed E-state index contributed by atoms with van der Waals surface area (Å²) in [7, 11) is 3.06. The Kier molecular flexibility index (Phi) is 6.23. The Balaban J connectivity index is 1.56. The lowest BCUT2D eigenvalue weighted by Gasteiger charge is -2.08. The van der Waals surface area contributed by atoms with E-state index in [-0.39, 0.29) is 5.56 Å². The third-order valence-corrected chi connectivity index (χ3v) is 4.56. The monoisotopic (exact) mass is 398 g/mol. The van der Waals surface area contributed by atoms with Crippen LogP contribution >= 0.6 is 11.3 Å². The number of amides is 1. The van der Waals surface area contributed by atoms with Gasteiger partial charge in [0.25, 0.3) is 5.91 Å². The summed E-state index contributed by atoms with van der Waals surface area (Å²) in [6.07, 6.45) is 0. The lowest BCUT2D eigenvalue weighted by Crippen LogP contribution is -2.21. The first-order valence-electron chi connectivity index (χ1n) is 8.30. The summed E-state index contributed by atoms with van der Waals surface area (Å²) in [4.78, 5) is 28.6. The summed E-state index contributed by atoms with van der Waals surface area (Å²) in [6.45, 7) is -0.422. The van der Waals surface area contributed by atoms with Gasteiger partial charge >= 0.3 is 5.97 Å². The molecule has 2 aromatic carbocycles. The summed E-state index contributed by atoms with van der Waals surface area (Å²) in [6, 6.07) is 14.1. The van der Waals surface area contributed by atoms with Crippen LogP contribution in [0.15, 0.2) is 53.9 Å². The van der Waals surface area contributed by atoms with Crippen LogP contribution in [0.3, 0.4) is 0 Å². The molecule has 1 N–H and O–H groups in total. The van der Waals surface area contributed by atoms with Gasteiger partial charge in [-0.25, -0.2) is 9.78 Å². The number of nitrogens with one attached hydrogen (secondary N) is 1. The second-order valence-corrected chi connectivity index (χ2v) is 6.45. The molecule has 0 radical (unpaired) electrons. The second kappa shape index (κ2) is 9.01. The first-order chi connectivity index (χ1) is 13.6. The normalized spacial score (nSPS) is 10.2. The van der Waals surface area contributed by atoms with Crippen LogP contribution in [0.1, 0.15) is 10.4 Å². The van der Waals surface area contributed by atoms with E-state index < -0.39 is 18.5 Å². The molecular formula is C20H18N2O5S. The number of methoxy groups -OCH3 is 2. The van der Waals surface area contributed by atoms with Crippen molar-refractivity contribution in [3.8, 4) is 22.8 Å². The molecule has 0 saturated heterocycles. The zero-order valence-corrected chi connectivity index (χ0v) is 16.1. The van der Waals surface area contributed by atoms with Gasteiger partial charge in [-0.2, -0.15) is 0 Å². The van der Waals surface area contributed by atoms with Gasteiger partial charge in [-0.15, -0.1) is 11.3 Å². The van der Waals surface area contributed by atoms with E-state index in [2.05, 4.69) is 10.3 Å². The molecule has 3 rings (SSSR count). The van der Waals surface area contributed by atoms with Gasteiger partial charge in [0, 0.05) is 10.9 Å². The fourth-order valence-corrected chi connectivity index (χ4v) is 3.14. The topological polar surface area (TPSA) is 86.8 Å². The van der Waals surface area contributed by atoms with Crippen molar-refractivity contribution in [3.63, 3.8) is 0 Å². The number of hydrogen-bond donors (Lipinski definition) is 1. The zero-order chi connectivity index (χ0) is 19.9. The van der Waals surface area contributed by atoms with Crippen LogP contribution < -0.4 is 14.8 Å². The highest BCUT2D eigenvalue weighted by molar-refractivity contribution is 7.14. The predicted octanol–water partition coefficient (Wildman–Crippen LogP) is 3.62. The zero-order valence-electron chi connectivity index (χ0n) is 15.3. The van der Waals surface area contributed by atoms with E-state index in [1.807, 2.05) is 29.6 Å². The highest BCUT2D eigenvalue weighted by Crippen LogP contribution is 2.26. The van der Waals surface area contributed by atoms with Gasteiger partial charge in [0.15, 0.2) is 11.7 Å². The first-order valence-corrected chi connectivity index (χ1v) is 9.18. The number of thiazole rings is 1. The SMILES string of the molecule is COc1ccc(-c2csc(NC(=O)COC(=O)c3ccccc3OC)n2)cc1. The summed E-state index contributed by atoms with van der Waals surface area (Å²) < 4.78 is 15.3. The Morgan fingerprint density at radius 2 is 1.79 bits per heavy atom. The number of esters is 1. The van der Waals surface area contributed by atoms with Crippen molar-refractivity contribution in [2.24, 2.45) is 0 Å². The molecule has 0 aliphatic heterocycles. The van der Waals surface area contributed by atoms with Crippen molar-refractivity contribution in [2.75, 3.05) is 26.1 Å². The van der Waals surface area contributed by atoms with Gasteiger partial charge in [-0.05, 0) is 36.4 Å². The lowest BCUT2D eigenvalue weighted by atomic mass is 10.2. The quantitative estimate of drug-likeness (QED) is 0.612. The molecule has 28 heavy (non-hydrogen) atoms. The van der Waals surface area contributed by atoms with Crippen LogP contribution in [0.25, 0.3) is 11.3 Å². The molecule has 3 aromatic rings. The minimum absolute atomic E-state index is 0.258. The number of benzene rings is 2. The van der Waals surface area contributed by atoms with Crippen LogP contribution in [0.4, 0.5) is 5.13 Å². The molecular weight excluding hydrogens is 380 g/mol. The van der Waals surface area contributed by atoms with E-state index >= 15 is 0 Å². The number of carbonyl (C=O) groups is 2. The van der Waals surface area contributed by atoms with E-state index in [1.165, 1.54) is 18.4 Å². The number of rotatable bonds is 7. The highest BCUT2D eigenvalue weighted by Gasteiger charge is 2.15. The maximum absolute atomic E-state index is 12.1. The highest BCUT2D eigenvalue weighted by atomic mass is 32.1. The fraction of sp³-hybridized carbons (Fsp3) is 0.150. The van der Waals surface area contributed by atoms with Gasteiger partial charge in [-0.3, -0.25) is 10.1 Å². The average Bonchev–Trinajstić information content (AvgIpc) is 3.20. The van der Waals surface area contributed by atoms with Crippen molar-refractivity contribution in [2.45, 2.75) is 0 Å². The molecule has 0 aliphatic rings. The Morgan fingerprint density at radius 1 is 1.04 bits per heavy atom. The van der Waals surface area contributed by atoms with Crippen molar-refractivity contribution >= 4 is 28.3 Å². The van der Waals surface area contributed by atoms with E-state index in [9.17, 15) is 9.59 Å². The Labute approximate surface area is 165 Å². The van der Waals surface area contributed by atoms with Crippen LogP contribution in [-0.4, -0.2) is 37.7 Å². The molecule has 8 heteroatoms. The number of carbonyl (C=O) groups excluding carboxylic acids is 2. The smallest absolute Gasteiger partial charge is 0.342 e. The molecule has 0 saturated carbocycles. The Hall–Kier alpha value is -3.39. The molecule has 0 bridgehead atoms. The third kappa shape index (κ3) is 4.66. The van der Waals surface area contributed by atoms with Gasteiger partial charge in [0.2, 0.25) is 0 Å².